The maximum atomic E-state index is 13.8. The normalized spacial score (nSPS) is 10.7. The lowest BCUT2D eigenvalue weighted by Gasteiger charge is -2.08. The van der Waals surface area contributed by atoms with Crippen molar-refractivity contribution < 1.29 is 9.13 Å². The zero-order valence-electron chi connectivity index (χ0n) is 10.7. The maximum Gasteiger partial charge on any atom is 0.241 e. The molecular formula is C13H16FN3O. The van der Waals surface area contributed by atoms with Crippen molar-refractivity contribution in [3.05, 3.63) is 35.3 Å². The van der Waals surface area contributed by atoms with Crippen molar-refractivity contribution in [2.24, 2.45) is 7.05 Å². The molecule has 2 aromatic rings. The van der Waals surface area contributed by atoms with Gasteiger partial charge >= 0.3 is 0 Å². The molecule has 4 nitrogen and oxygen atoms in total. The molecule has 1 aromatic carbocycles. The number of ether oxygens (including phenoxy) is 1. The van der Waals surface area contributed by atoms with Gasteiger partial charge in [0, 0.05) is 7.05 Å². The second kappa shape index (κ2) is 4.68. The second-order valence-electron chi connectivity index (χ2n) is 4.13. The van der Waals surface area contributed by atoms with Crippen LogP contribution in [-0.2, 0) is 13.5 Å². The van der Waals surface area contributed by atoms with Gasteiger partial charge in [-0.2, -0.15) is 5.10 Å². The molecule has 1 aromatic heterocycles. The van der Waals surface area contributed by atoms with Gasteiger partial charge < -0.3 is 10.5 Å². The molecule has 0 aliphatic heterocycles. The fourth-order valence-corrected chi connectivity index (χ4v) is 1.76. The zero-order chi connectivity index (χ0) is 13.3. The summed E-state index contributed by atoms with van der Waals surface area (Å²) in [6.45, 7) is 3.64. The molecule has 2 rings (SSSR count). The summed E-state index contributed by atoms with van der Waals surface area (Å²) in [5.74, 6) is 0.153. The molecule has 0 bridgehead atoms. The third kappa shape index (κ3) is 2.03. The molecule has 0 radical (unpaired) electrons. The smallest absolute Gasteiger partial charge is 0.241 e. The summed E-state index contributed by atoms with van der Waals surface area (Å²) in [6, 6.07) is 4.99. The van der Waals surface area contributed by atoms with Crippen molar-refractivity contribution in [3.63, 3.8) is 0 Å². The number of rotatable bonds is 3. The Kier molecular flexibility index (Phi) is 3.23. The Morgan fingerprint density at radius 1 is 1.44 bits per heavy atom. The Balaban J connectivity index is 2.40. The van der Waals surface area contributed by atoms with E-state index in [1.807, 2.05) is 6.92 Å². The molecule has 0 atom stereocenters. The molecular weight excluding hydrogens is 233 g/mol. The van der Waals surface area contributed by atoms with E-state index in [9.17, 15) is 4.39 Å². The molecule has 5 heteroatoms. The number of nitrogen functional groups attached to an aromatic ring is 1. The van der Waals surface area contributed by atoms with E-state index in [2.05, 4.69) is 5.10 Å². The minimum absolute atomic E-state index is 0.160. The highest BCUT2D eigenvalue weighted by Crippen LogP contribution is 2.31. The van der Waals surface area contributed by atoms with Crippen molar-refractivity contribution in [2.75, 3.05) is 5.73 Å². The van der Waals surface area contributed by atoms with E-state index in [0.29, 0.717) is 23.6 Å². The lowest BCUT2D eigenvalue weighted by Crippen LogP contribution is -1.99. The molecule has 18 heavy (non-hydrogen) atoms. The predicted molar refractivity (Wildman–Crippen MR) is 68.2 cm³/mol. The average Bonchev–Trinajstić information content (AvgIpc) is 2.62. The molecule has 0 saturated heterocycles. The molecule has 0 aliphatic carbocycles. The Labute approximate surface area is 105 Å². The highest BCUT2D eigenvalue weighted by molar-refractivity contribution is 5.54. The quantitative estimate of drug-likeness (QED) is 0.910. The number of benzene rings is 1. The van der Waals surface area contributed by atoms with Gasteiger partial charge in [-0.25, -0.2) is 9.07 Å². The number of nitrogens with two attached hydrogens (primary N) is 1. The van der Waals surface area contributed by atoms with Crippen LogP contribution in [-0.4, -0.2) is 9.78 Å². The first-order valence-electron chi connectivity index (χ1n) is 5.79. The van der Waals surface area contributed by atoms with Crippen LogP contribution in [0.1, 0.15) is 18.2 Å². The zero-order valence-corrected chi connectivity index (χ0v) is 10.7. The minimum Gasteiger partial charge on any atom is -0.434 e. The second-order valence-corrected chi connectivity index (χ2v) is 4.13. The van der Waals surface area contributed by atoms with Gasteiger partial charge in [0.25, 0.3) is 0 Å². The number of hydrogen-bond acceptors (Lipinski definition) is 3. The van der Waals surface area contributed by atoms with Gasteiger partial charge in [0.15, 0.2) is 11.6 Å². The summed E-state index contributed by atoms with van der Waals surface area (Å²) in [7, 11) is 1.72. The van der Waals surface area contributed by atoms with Crippen molar-refractivity contribution in [3.8, 4) is 11.6 Å². The Bertz CT molecular complexity index is 578. The van der Waals surface area contributed by atoms with Crippen LogP contribution in [0.15, 0.2) is 18.2 Å². The lowest BCUT2D eigenvalue weighted by atomic mass is 10.2. The minimum atomic E-state index is -0.379. The van der Waals surface area contributed by atoms with E-state index >= 15 is 0 Å². The first-order chi connectivity index (χ1) is 8.54. The molecule has 0 unspecified atom stereocenters. The predicted octanol–water partition coefficient (Wildman–Crippen LogP) is 2.80. The fourth-order valence-electron chi connectivity index (χ4n) is 1.76. The van der Waals surface area contributed by atoms with Gasteiger partial charge in [-0.05, 0) is 25.0 Å². The van der Waals surface area contributed by atoms with Crippen LogP contribution >= 0.6 is 0 Å². The Morgan fingerprint density at radius 2 is 2.17 bits per heavy atom. The first kappa shape index (κ1) is 12.4. The summed E-state index contributed by atoms with van der Waals surface area (Å²) in [5, 5.41) is 4.22. The largest absolute Gasteiger partial charge is 0.434 e. The van der Waals surface area contributed by atoms with Crippen LogP contribution in [0.3, 0.4) is 0 Å². The number of halogens is 1. The number of hydrogen-bond donors (Lipinski definition) is 1. The summed E-state index contributed by atoms with van der Waals surface area (Å²) < 4.78 is 20.9. The van der Waals surface area contributed by atoms with Gasteiger partial charge in [-0.1, -0.05) is 19.1 Å². The van der Waals surface area contributed by atoms with Gasteiger partial charge in [0.05, 0.1) is 5.69 Å². The van der Waals surface area contributed by atoms with Crippen molar-refractivity contribution >= 4 is 5.69 Å². The van der Waals surface area contributed by atoms with Crippen LogP contribution in [0.5, 0.6) is 11.6 Å². The summed E-state index contributed by atoms with van der Waals surface area (Å²) in [6.07, 6.45) is 0.708. The third-order valence-electron chi connectivity index (χ3n) is 2.80. The van der Waals surface area contributed by atoms with Crippen molar-refractivity contribution in [1.29, 1.82) is 0 Å². The van der Waals surface area contributed by atoms with Gasteiger partial charge in [0.1, 0.15) is 5.69 Å². The van der Waals surface area contributed by atoms with E-state index in [0.717, 1.165) is 5.69 Å². The molecule has 0 spiro atoms. The van der Waals surface area contributed by atoms with E-state index in [1.54, 1.807) is 32.2 Å². The standard InChI is InChI=1S/C13H16FN3O/c1-4-9-12(15)13(17(3)16-9)18-10-7-5-6-8(2)11(10)14/h5-7H,4,15H2,1-3H3. The van der Waals surface area contributed by atoms with Crippen LogP contribution in [0, 0.1) is 12.7 Å². The maximum absolute atomic E-state index is 13.8. The molecule has 0 aliphatic rings. The molecule has 96 valence electrons. The van der Waals surface area contributed by atoms with Gasteiger partial charge in [-0.3, -0.25) is 0 Å². The average molecular weight is 249 g/mol. The highest BCUT2D eigenvalue weighted by Gasteiger charge is 2.16. The summed E-state index contributed by atoms with van der Waals surface area (Å²) in [4.78, 5) is 0. The van der Waals surface area contributed by atoms with E-state index < -0.39 is 0 Å². The SMILES string of the molecule is CCc1nn(C)c(Oc2cccc(C)c2F)c1N. The van der Waals surface area contributed by atoms with Crippen molar-refractivity contribution in [1.82, 2.24) is 9.78 Å². The molecule has 2 N–H and O–H groups in total. The van der Waals surface area contributed by atoms with E-state index in [-0.39, 0.29) is 11.6 Å². The third-order valence-corrected chi connectivity index (χ3v) is 2.80. The molecule has 0 amide bonds. The first-order valence-corrected chi connectivity index (χ1v) is 5.79. The number of aromatic nitrogens is 2. The van der Waals surface area contributed by atoms with Gasteiger partial charge in [-0.15, -0.1) is 0 Å². The van der Waals surface area contributed by atoms with Gasteiger partial charge in [0.2, 0.25) is 5.88 Å². The fraction of sp³-hybridized carbons (Fsp3) is 0.308. The van der Waals surface area contributed by atoms with Crippen LogP contribution in [0.2, 0.25) is 0 Å². The van der Waals surface area contributed by atoms with Crippen LogP contribution in [0.25, 0.3) is 0 Å². The Hall–Kier alpha value is -2.04. The molecule has 0 saturated carbocycles. The lowest BCUT2D eigenvalue weighted by molar-refractivity contribution is 0.404. The van der Waals surface area contributed by atoms with Crippen LogP contribution < -0.4 is 10.5 Å². The summed E-state index contributed by atoms with van der Waals surface area (Å²) >= 11 is 0. The van der Waals surface area contributed by atoms with E-state index in [1.165, 1.54) is 4.68 Å². The topological polar surface area (TPSA) is 53.1 Å². The number of nitrogens with zero attached hydrogens (tertiary/aromatic N) is 2. The molecule has 1 heterocycles. The Morgan fingerprint density at radius 3 is 2.78 bits per heavy atom. The van der Waals surface area contributed by atoms with Crippen LogP contribution in [0.4, 0.5) is 10.1 Å². The number of anilines is 1. The molecule has 0 fully saturated rings. The highest BCUT2D eigenvalue weighted by atomic mass is 19.1. The number of aryl methyl sites for hydroxylation is 3. The van der Waals surface area contributed by atoms with Crippen molar-refractivity contribution in [2.45, 2.75) is 20.3 Å². The monoisotopic (exact) mass is 249 g/mol. The van der Waals surface area contributed by atoms with E-state index in [4.69, 9.17) is 10.5 Å². The summed E-state index contributed by atoms with van der Waals surface area (Å²) in [5.41, 5.74) is 7.66.